The molecule has 0 spiro atoms. The lowest BCUT2D eigenvalue weighted by Gasteiger charge is -2.27. The van der Waals surface area contributed by atoms with E-state index in [9.17, 15) is 9.59 Å². The Labute approximate surface area is 173 Å². The molecule has 1 saturated heterocycles. The summed E-state index contributed by atoms with van der Waals surface area (Å²) in [5.74, 6) is -1.33. The summed E-state index contributed by atoms with van der Waals surface area (Å²) in [7, 11) is 0. The molecule has 30 heavy (non-hydrogen) atoms. The molecule has 1 aliphatic heterocycles. The number of aromatic amines is 1. The number of amides is 1. The average molecular weight is 399 g/mol. The number of ketones is 1. The van der Waals surface area contributed by atoms with Crippen molar-refractivity contribution in [1.82, 2.24) is 24.4 Å². The first-order valence-corrected chi connectivity index (χ1v) is 10.0. The van der Waals surface area contributed by atoms with Gasteiger partial charge in [0.1, 0.15) is 0 Å². The minimum Gasteiger partial charge on any atom is -0.361 e. The smallest absolute Gasteiger partial charge is 0.291 e. The van der Waals surface area contributed by atoms with Crippen molar-refractivity contribution in [3.63, 3.8) is 0 Å². The number of Topliss-reactive ketones (excluding diaryl/α,β-unsaturated/α-hetero) is 1. The molecule has 5 rings (SSSR count). The highest BCUT2D eigenvalue weighted by molar-refractivity contribution is 6.40. The third-order valence-electron chi connectivity index (χ3n) is 5.78. The molecule has 2 unspecified atom stereocenters. The lowest BCUT2D eigenvalue weighted by atomic mass is 9.87. The number of hydrogen-bond donors (Lipinski definition) is 1. The Balaban J connectivity index is 1.52. The van der Waals surface area contributed by atoms with Gasteiger partial charge < -0.3 is 14.5 Å². The zero-order valence-corrected chi connectivity index (χ0v) is 16.3. The fraction of sp³-hybridized carbons (Fsp3) is 0.217. The van der Waals surface area contributed by atoms with E-state index in [0.717, 1.165) is 35.0 Å². The predicted octanol–water partition coefficient (Wildman–Crippen LogP) is 3.09. The number of rotatable bonds is 6. The predicted molar refractivity (Wildman–Crippen MR) is 112 cm³/mol. The fourth-order valence-corrected chi connectivity index (χ4v) is 4.40. The van der Waals surface area contributed by atoms with E-state index >= 15 is 0 Å². The van der Waals surface area contributed by atoms with E-state index in [4.69, 9.17) is 0 Å². The number of hydrogen-bond acceptors (Lipinski definition) is 4. The van der Waals surface area contributed by atoms with Crippen LogP contribution in [-0.2, 0) is 16.1 Å². The second-order valence-electron chi connectivity index (χ2n) is 7.51. The number of imidazole rings is 1. The summed E-state index contributed by atoms with van der Waals surface area (Å²) in [6.07, 6.45) is 11.4. The summed E-state index contributed by atoms with van der Waals surface area (Å²) in [6.45, 7) is 1.23. The summed E-state index contributed by atoms with van der Waals surface area (Å²) < 4.78 is 1.97. The van der Waals surface area contributed by atoms with Crippen LogP contribution < -0.4 is 0 Å². The molecule has 2 atom stereocenters. The number of carbonyl (C=O) groups excluding carboxylic acids is 2. The lowest BCUT2D eigenvalue weighted by Crippen LogP contribution is -2.31. The molecule has 7 nitrogen and oxygen atoms in total. The standard InChI is InChI=1S/C23H21N5O2/c29-22-20(18-14-26-19-5-2-1-4-17(18)19)21(16-6-8-24-9-7-16)28(23(22)30)12-3-11-27-13-10-25-15-27/h1-2,4-10,13-15,20-21,26H,3,11-12H2. The van der Waals surface area contributed by atoms with Gasteiger partial charge in [-0.3, -0.25) is 14.6 Å². The van der Waals surface area contributed by atoms with Crippen LogP contribution in [0.15, 0.2) is 73.7 Å². The molecule has 4 aromatic rings. The minimum absolute atomic E-state index is 0.352. The number of nitrogens with zero attached hydrogens (tertiary/aromatic N) is 4. The molecule has 0 bridgehead atoms. The maximum Gasteiger partial charge on any atom is 0.291 e. The van der Waals surface area contributed by atoms with Crippen molar-refractivity contribution in [3.8, 4) is 0 Å². The van der Waals surface area contributed by atoms with E-state index in [1.54, 1.807) is 29.8 Å². The lowest BCUT2D eigenvalue weighted by molar-refractivity contribution is -0.140. The molecule has 1 aliphatic rings. The quantitative estimate of drug-likeness (QED) is 0.505. The van der Waals surface area contributed by atoms with Gasteiger partial charge >= 0.3 is 0 Å². The van der Waals surface area contributed by atoms with Crippen LogP contribution in [-0.4, -0.2) is 42.7 Å². The van der Waals surface area contributed by atoms with Gasteiger partial charge in [0.05, 0.1) is 18.3 Å². The van der Waals surface area contributed by atoms with Crippen molar-refractivity contribution in [2.45, 2.75) is 24.9 Å². The van der Waals surface area contributed by atoms with Crippen molar-refractivity contribution in [2.75, 3.05) is 6.54 Å². The summed E-state index contributed by atoms with van der Waals surface area (Å²) in [6, 6.07) is 11.3. The maximum absolute atomic E-state index is 13.2. The highest BCUT2D eigenvalue weighted by Gasteiger charge is 2.49. The molecule has 1 fully saturated rings. The second-order valence-corrected chi connectivity index (χ2v) is 7.51. The van der Waals surface area contributed by atoms with Crippen LogP contribution in [0.25, 0.3) is 10.9 Å². The number of H-pyrrole nitrogens is 1. The van der Waals surface area contributed by atoms with E-state index in [0.29, 0.717) is 6.54 Å². The number of para-hydroxylation sites is 1. The Hall–Kier alpha value is -3.74. The molecule has 1 aromatic carbocycles. The van der Waals surface area contributed by atoms with Gasteiger partial charge in [-0.25, -0.2) is 4.98 Å². The van der Waals surface area contributed by atoms with Crippen molar-refractivity contribution in [1.29, 1.82) is 0 Å². The maximum atomic E-state index is 13.2. The highest BCUT2D eigenvalue weighted by Crippen LogP contribution is 2.44. The number of likely N-dealkylation sites (tertiary alicyclic amines) is 1. The molecule has 0 radical (unpaired) electrons. The Morgan fingerprint density at radius 1 is 0.967 bits per heavy atom. The van der Waals surface area contributed by atoms with Gasteiger partial charge in [0.15, 0.2) is 0 Å². The van der Waals surface area contributed by atoms with Gasteiger partial charge in [-0.2, -0.15) is 0 Å². The van der Waals surface area contributed by atoms with Crippen molar-refractivity contribution in [2.24, 2.45) is 0 Å². The zero-order chi connectivity index (χ0) is 20.5. The molecular weight excluding hydrogens is 378 g/mol. The van der Waals surface area contributed by atoms with E-state index in [2.05, 4.69) is 15.0 Å². The van der Waals surface area contributed by atoms with Crippen LogP contribution in [0.3, 0.4) is 0 Å². The Morgan fingerprint density at radius 3 is 2.60 bits per heavy atom. The highest BCUT2D eigenvalue weighted by atomic mass is 16.2. The van der Waals surface area contributed by atoms with Gasteiger partial charge in [0.25, 0.3) is 5.91 Å². The molecule has 150 valence electrons. The molecule has 1 N–H and O–H groups in total. The number of aromatic nitrogens is 4. The average Bonchev–Trinajstić information content (AvgIpc) is 3.50. The fourth-order valence-electron chi connectivity index (χ4n) is 4.40. The van der Waals surface area contributed by atoms with Gasteiger partial charge in [0.2, 0.25) is 5.78 Å². The van der Waals surface area contributed by atoms with Crippen molar-refractivity contribution < 1.29 is 9.59 Å². The topological polar surface area (TPSA) is 83.9 Å². The van der Waals surface area contributed by atoms with Gasteiger partial charge in [-0.1, -0.05) is 18.2 Å². The van der Waals surface area contributed by atoms with Crippen LogP contribution in [0.2, 0.25) is 0 Å². The number of aryl methyl sites for hydroxylation is 1. The number of nitrogens with one attached hydrogen (secondary N) is 1. The van der Waals surface area contributed by atoms with Crippen molar-refractivity contribution in [3.05, 3.63) is 84.8 Å². The third kappa shape index (κ3) is 3.08. The van der Waals surface area contributed by atoms with Crippen LogP contribution in [0.4, 0.5) is 0 Å². The SMILES string of the molecule is O=C1C(=O)N(CCCn2ccnc2)C(c2ccncc2)C1c1c[nH]c2ccccc12. The molecule has 4 heterocycles. The first kappa shape index (κ1) is 18.3. The van der Waals surface area contributed by atoms with E-state index in [1.165, 1.54) is 0 Å². The molecule has 0 saturated carbocycles. The minimum atomic E-state index is -0.552. The number of pyridine rings is 1. The Morgan fingerprint density at radius 2 is 1.80 bits per heavy atom. The Bertz CT molecular complexity index is 1180. The largest absolute Gasteiger partial charge is 0.361 e. The molecular formula is C23H21N5O2. The number of fused-ring (bicyclic) bond motifs is 1. The van der Waals surface area contributed by atoms with Crippen LogP contribution >= 0.6 is 0 Å². The molecule has 3 aromatic heterocycles. The first-order chi connectivity index (χ1) is 14.7. The summed E-state index contributed by atoms with van der Waals surface area (Å²) in [4.78, 5) is 39.4. The van der Waals surface area contributed by atoms with Crippen molar-refractivity contribution >= 4 is 22.6 Å². The van der Waals surface area contributed by atoms with Gasteiger partial charge in [-0.05, 0) is 35.7 Å². The summed E-state index contributed by atoms with van der Waals surface area (Å²) in [5.41, 5.74) is 2.74. The Kier molecular flexibility index (Phi) is 4.63. The molecule has 7 heteroatoms. The monoisotopic (exact) mass is 399 g/mol. The third-order valence-corrected chi connectivity index (χ3v) is 5.78. The first-order valence-electron chi connectivity index (χ1n) is 10.0. The summed E-state index contributed by atoms with van der Waals surface area (Å²) in [5, 5.41) is 0.975. The van der Waals surface area contributed by atoms with Crippen LogP contribution in [0.1, 0.15) is 29.5 Å². The van der Waals surface area contributed by atoms with E-state index < -0.39 is 11.8 Å². The molecule has 1 amide bonds. The van der Waals surface area contributed by atoms with Crippen LogP contribution in [0, 0.1) is 0 Å². The zero-order valence-electron chi connectivity index (χ0n) is 16.3. The second kappa shape index (κ2) is 7.59. The molecule has 0 aliphatic carbocycles. The van der Waals surface area contributed by atoms with Gasteiger partial charge in [-0.15, -0.1) is 0 Å². The normalized spacial score (nSPS) is 19.1. The number of benzene rings is 1. The summed E-state index contributed by atoms with van der Waals surface area (Å²) >= 11 is 0. The van der Waals surface area contributed by atoms with Crippen LogP contribution in [0.5, 0.6) is 0 Å². The van der Waals surface area contributed by atoms with E-state index in [-0.39, 0.29) is 11.8 Å². The number of carbonyl (C=O) groups is 2. The van der Waals surface area contributed by atoms with Gasteiger partial charge in [0, 0.05) is 55.0 Å². The van der Waals surface area contributed by atoms with E-state index in [1.807, 2.05) is 53.4 Å².